The van der Waals surface area contributed by atoms with Crippen molar-refractivity contribution in [3.05, 3.63) is 164 Å². The molecular formula is C45H27N3S. The minimum Gasteiger partial charge on any atom is -0.208 e. The summed E-state index contributed by atoms with van der Waals surface area (Å²) < 4.78 is 2.67. The van der Waals surface area contributed by atoms with E-state index in [4.69, 9.17) is 15.0 Å². The summed E-state index contributed by atoms with van der Waals surface area (Å²) in [6.45, 7) is 0. The van der Waals surface area contributed by atoms with Crippen molar-refractivity contribution in [1.82, 2.24) is 15.0 Å². The van der Waals surface area contributed by atoms with Crippen molar-refractivity contribution in [2.45, 2.75) is 0 Å². The Morgan fingerprint density at radius 3 is 1.57 bits per heavy atom. The van der Waals surface area contributed by atoms with Crippen LogP contribution >= 0.6 is 11.3 Å². The lowest BCUT2D eigenvalue weighted by Crippen LogP contribution is -2.00. The molecule has 0 bridgehead atoms. The largest absolute Gasteiger partial charge is 0.208 e. The van der Waals surface area contributed by atoms with Crippen LogP contribution in [0, 0.1) is 0 Å². The maximum atomic E-state index is 5.07. The van der Waals surface area contributed by atoms with Crippen LogP contribution in [-0.4, -0.2) is 15.0 Å². The number of nitrogens with zero attached hydrogens (tertiary/aromatic N) is 3. The van der Waals surface area contributed by atoms with Gasteiger partial charge in [0.15, 0.2) is 17.5 Å². The summed E-state index contributed by atoms with van der Waals surface area (Å²) in [5.41, 5.74) is 5.20. The van der Waals surface area contributed by atoms with Crippen LogP contribution in [0.5, 0.6) is 0 Å². The van der Waals surface area contributed by atoms with Crippen LogP contribution in [0.3, 0.4) is 0 Å². The van der Waals surface area contributed by atoms with Gasteiger partial charge in [-0.2, -0.15) is 0 Å². The highest BCUT2D eigenvalue weighted by Gasteiger charge is 2.17. The molecule has 10 aromatic rings. The minimum absolute atomic E-state index is 0.653. The van der Waals surface area contributed by atoms with Crippen LogP contribution in [0.1, 0.15) is 0 Å². The van der Waals surface area contributed by atoms with E-state index in [9.17, 15) is 0 Å². The zero-order valence-electron chi connectivity index (χ0n) is 26.3. The van der Waals surface area contributed by atoms with E-state index in [1.807, 2.05) is 47.7 Å². The Kier molecular flexibility index (Phi) is 6.36. The van der Waals surface area contributed by atoms with Crippen molar-refractivity contribution in [2.24, 2.45) is 0 Å². The molecule has 0 amide bonds. The summed E-state index contributed by atoms with van der Waals surface area (Å²) in [6.07, 6.45) is 0. The fourth-order valence-corrected chi connectivity index (χ4v) is 8.42. The summed E-state index contributed by atoms with van der Waals surface area (Å²) >= 11 is 1.89. The molecule has 0 fully saturated rings. The predicted octanol–water partition coefficient (Wildman–Crippen LogP) is 12.4. The lowest BCUT2D eigenvalue weighted by atomic mass is 9.92. The van der Waals surface area contributed by atoms with Crippen molar-refractivity contribution in [2.75, 3.05) is 0 Å². The number of aromatic nitrogens is 3. The van der Waals surface area contributed by atoms with E-state index < -0.39 is 0 Å². The van der Waals surface area contributed by atoms with Gasteiger partial charge in [0.05, 0.1) is 0 Å². The zero-order chi connectivity index (χ0) is 32.3. The van der Waals surface area contributed by atoms with Crippen molar-refractivity contribution in [3.8, 4) is 45.3 Å². The van der Waals surface area contributed by atoms with Crippen LogP contribution < -0.4 is 0 Å². The first-order valence-corrected chi connectivity index (χ1v) is 17.3. The Labute approximate surface area is 286 Å². The third kappa shape index (κ3) is 4.61. The van der Waals surface area contributed by atoms with E-state index in [0.717, 1.165) is 27.6 Å². The van der Waals surface area contributed by atoms with Crippen LogP contribution in [0.25, 0.3) is 97.8 Å². The van der Waals surface area contributed by atoms with Gasteiger partial charge in [-0.1, -0.05) is 152 Å². The molecule has 8 aromatic carbocycles. The fourth-order valence-electron chi connectivity index (χ4n) is 7.16. The van der Waals surface area contributed by atoms with E-state index in [1.54, 1.807) is 0 Å². The van der Waals surface area contributed by atoms with E-state index in [2.05, 4.69) is 127 Å². The fraction of sp³-hybridized carbons (Fsp3) is 0. The van der Waals surface area contributed by atoms with Crippen molar-refractivity contribution in [1.29, 1.82) is 0 Å². The molecule has 0 radical (unpaired) electrons. The first-order valence-electron chi connectivity index (χ1n) is 16.4. The number of fused-ring (bicyclic) bond motifs is 10. The summed E-state index contributed by atoms with van der Waals surface area (Å²) in [5.74, 6) is 1.96. The van der Waals surface area contributed by atoms with E-state index in [1.165, 1.54) is 52.7 Å². The van der Waals surface area contributed by atoms with Crippen LogP contribution in [-0.2, 0) is 0 Å². The van der Waals surface area contributed by atoms with Gasteiger partial charge in [-0.25, -0.2) is 15.0 Å². The predicted molar refractivity (Wildman–Crippen MR) is 207 cm³/mol. The second-order valence-electron chi connectivity index (χ2n) is 12.4. The summed E-state index contributed by atoms with van der Waals surface area (Å²) in [4.78, 5) is 15.1. The van der Waals surface area contributed by atoms with Gasteiger partial charge in [0.25, 0.3) is 0 Å². The highest BCUT2D eigenvalue weighted by atomic mass is 32.1. The summed E-state index contributed by atoms with van der Waals surface area (Å²) in [5, 5.41) is 10.2. The lowest BCUT2D eigenvalue weighted by molar-refractivity contribution is 1.07. The molecule has 0 aliphatic rings. The molecule has 0 spiro atoms. The number of benzene rings is 8. The highest BCUT2D eigenvalue weighted by molar-refractivity contribution is 7.27. The first-order chi connectivity index (χ1) is 24.3. The molecule has 0 saturated heterocycles. The summed E-state index contributed by atoms with van der Waals surface area (Å²) in [6, 6.07) is 57.8. The molecule has 10 rings (SSSR count). The topological polar surface area (TPSA) is 38.7 Å². The Morgan fingerprint density at radius 2 is 0.837 bits per heavy atom. The molecule has 4 heteroatoms. The van der Waals surface area contributed by atoms with E-state index >= 15 is 0 Å². The molecule has 49 heavy (non-hydrogen) atoms. The van der Waals surface area contributed by atoms with Gasteiger partial charge in [0, 0.05) is 42.2 Å². The van der Waals surface area contributed by atoms with Gasteiger partial charge >= 0.3 is 0 Å². The number of thiophene rings is 1. The van der Waals surface area contributed by atoms with Gasteiger partial charge in [0.1, 0.15) is 0 Å². The molecule has 0 atom stereocenters. The molecule has 3 nitrogen and oxygen atoms in total. The second kappa shape index (κ2) is 11.2. The van der Waals surface area contributed by atoms with Crippen LogP contribution in [0.2, 0.25) is 0 Å². The molecule has 2 aromatic heterocycles. The average molecular weight is 642 g/mol. The first kappa shape index (κ1) is 27.8. The Bertz CT molecular complexity index is 2860. The number of hydrogen-bond donors (Lipinski definition) is 0. The second-order valence-corrected chi connectivity index (χ2v) is 13.4. The zero-order valence-corrected chi connectivity index (χ0v) is 27.2. The van der Waals surface area contributed by atoms with Crippen molar-refractivity contribution in [3.63, 3.8) is 0 Å². The minimum atomic E-state index is 0.653. The molecule has 2 heterocycles. The van der Waals surface area contributed by atoms with Gasteiger partial charge in [-0.05, 0) is 50.2 Å². The van der Waals surface area contributed by atoms with Gasteiger partial charge in [-0.15, -0.1) is 11.3 Å². The van der Waals surface area contributed by atoms with Gasteiger partial charge in [-0.3, -0.25) is 0 Å². The number of hydrogen-bond acceptors (Lipinski definition) is 4. The van der Waals surface area contributed by atoms with Gasteiger partial charge < -0.3 is 0 Å². The molecule has 0 saturated carbocycles. The van der Waals surface area contributed by atoms with E-state index in [0.29, 0.717) is 17.5 Å². The SMILES string of the molecule is c1ccc(-c2ccc(-c3nc(-c4ccccc4)nc(-c4ccc5c(ccc6c5c5ccccc5c5sc7ccccc7c65)c4)n3)cc2)cc1. The molecule has 0 N–H and O–H groups in total. The Hall–Kier alpha value is -6.23. The van der Waals surface area contributed by atoms with Crippen molar-refractivity contribution < 1.29 is 0 Å². The maximum Gasteiger partial charge on any atom is 0.164 e. The highest BCUT2D eigenvalue weighted by Crippen LogP contribution is 2.46. The Balaban J connectivity index is 1.16. The maximum absolute atomic E-state index is 5.07. The molecule has 228 valence electrons. The number of rotatable bonds is 4. The lowest BCUT2D eigenvalue weighted by Gasteiger charge is -2.12. The van der Waals surface area contributed by atoms with Crippen LogP contribution in [0.15, 0.2) is 164 Å². The van der Waals surface area contributed by atoms with Crippen LogP contribution in [0.4, 0.5) is 0 Å². The molecule has 0 aliphatic carbocycles. The third-order valence-electron chi connectivity index (χ3n) is 9.50. The normalized spacial score (nSPS) is 11.7. The average Bonchev–Trinajstić information content (AvgIpc) is 3.58. The summed E-state index contributed by atoms with van der Waals surface area (Å²) in [7, 11) is 0. The van der Waals surface area contributed by atoms with Gasteiger partial charge in [0.2, 0.25) is 0 Å². The Morgan fingerprint density at radius 1 is 0.327 bits per heavy atom. The monoisotopic (exact) mass is 641 g/mol. The standard InChI is InChI=1S/C45H27N3S/c1-3-11-28(12-4-1)29-19-21-31(22-20-29)44-46-43(30-13-5-2-6-14-30)47-45(48-44)33-24-25-34-32(27-33)23-26-38-40(34)35-15-7-8-16-36(35)42-41(38)37-17-9-10-18-39(37)49-42/h1-27H. The van der Waals surface area contributed by atoms with E-state index in [-0.39, 0.29) is 0 Å². The third-order valence-corrected chi connectivity index (χ3v) is 10.7. The van der Waals surface area contributed by atoms with Crippen molar-refractivity contribution >= 4 is 63.8 Å². The molecule has 0 unspecified atom stereocenters. The smallest absolute Gasteiger partial charge is 0.164 e. The molecular weight excluding hydrogens is 615 g/mol. The quantitative estimate of drug-likeness (QED) is 0.180. The molecule has 0 aliphatic heterocycles.